The van der Waals surface area contributed by atoms with Crippen molar-refractivity contribution in [1.82, 2.24) is 4.72 Å². The Morgan fingerprint density at radius 3 is 2.74 bits per heavy atom. The summed E-state index contributed by atoms with van der Waals surface area (Å²) in [5, 5.41) is 8.76. The number of hydrogen-bond donors (Lipinski definition) is 2. The predicted molar refractivity (Wildman–Crippen MR) is 67.5 cm³/mol. The van der Waals surface area contributed by atoms with E-state index in [0.717, 1.165) is 6.07 Å². The van der Waals surface area contributed by atoms with Gasteiger partial charge in [-0.25, -0.2) is 17.9 Å². The summed E-state index contributed by atoms with van der Waals surface area (Å²) in [5.74, 6) is -1.78. The largest absolute Gasteiger partial charge is 0.475 e. The van der Waals surface area contributed by atoms with E-state index in [1.165, 1.54) is 0 Å². The highest BCUT2D eigenvalue weighted by atomic mass is 79.9. The highest BCUT2D eigenvalue weighted by Gasteiger charge is 2.32. The Kier molecular flexibility index (Phi) is 4.00. The van der Waals surface area contributed by atoms with Crippen LogP contribution < -0.4 is 4.72 Å². The van der Waals surface area contributed by atoms with E-state index >= 15 is 0 Å². The fourth-order valence-corrected chi connectivity index (χ4v) is 4.07. The standard InChI is InChI=1S/C10H12BrNO6S/c1-5-6(2-3-17-5)12-19(15,16)8-4-7(10(13)14)18-9(8)11/h4-6,12H,2-3H2,1H3,(H,13,14). The summed E-state index contributed by atoms with van der Waals surface area (Å²) in [6, 6.07) is 0.634. The number of carboxylic acid groups (broad SMARTS) is 1. The third kappa shape index (κ3) is 2.99. The number of sulfonamides is 1. The Labute approximate surface area is 118 Å². The molecular formula is C10H12BrNO6S. The van der Waals surface area contributed by atoms with Gasteiger partial charge in [0.25, 0.3) is 0 Å². The van der Waals surface area contributed by atoms with Crippen LogP contribution in [0.25, 0.3) is 0 Å². The van der Waals surface area contributed by atoms with Crippen molar-refractivity contribution in [3.8, 4) is 0 Å². The molecule has 0 spiro atoms. The minimum absolute atomic E-state index is 0.135. The van der Waals surface area contributed by atoms with Crippen molar-refractivity contribution in [3.63, 3.8) is 0 Å². The second-order valence-corrected chi connectivity index (χ2v) is 6.55. The summed E-state index contributed by atoms with van der Waals surface area (Å²) in [4.78, 5) is 10.5. The van der Waals surface area contributed by atoms with Gasteiger partial charge in [0.15, 0.2) is 4.67 Å². The van der Waals surface area contributed by atoms with Gasteiger partial charge in [-0.2, -0.15) is 0 Å². The maximum absolute atomic E-state index is 12.1. The van der Waals surface area contributed by atoms with Crippen molar-refractivity contribution < 1.29 is 27.5 Å². The van der Waals surface area contributed by atoms with Gasteiger partial charge in [0.1, 0.15) is 4.90 Å². The van der Waals surface area contributed by atoms with Crippen molar-refractivity contribution >= 4 is 31.9 Å². The van der Waals surface area contributed by atoms with Gasteiger partial charge in [0.2, 0.25) is 15.8 Å². The van der Waals surface area contributed by atoms with Crippen LogP contribution in [0.4, 0.5) is 0 Å². The molecule has 1 saturated heterocycles. The minimum Gasteiger partial charge on any atom is -0.475 e. The number of aromatic carboxylic acids is 1. The van der Waals surface area contributed by atoms with Crippen molar-refractivity contribution in [2.45, 2.75) is 30.4 Å². The highest BCUT2D eigenvalue weighted by Crippen LogP contribution is 2.27. The average molecular weight is 354 g/mol. The number of ether oxygens (including phenoxy) is 1. The van der Waals surface area contributed by atoms with Crippen LogP contribution in [0, 0.1) is 0 Å². The van der Waals surface area contributed by atoms with E-state index in [9.17, 15) is 13.2 Å². The number of carbonyl (C=O) groups is 1. The number of halogens is 1. The molecule has 19 heavy (non-hydrogen) atoms. The lowest BCUT2D eigenvalue weighted by molar-refractivity contribution is 0.0661. The molecule has 0 aliphatic carbocycles. The van der Waals surface area contributed by atoms with E-state index in [4.69, 9.17) is 14.3 Å². The first kappa shape index (κ1) is 14.5. The molecular weight excluding hydrogens is 342 g/mol. The molecule has 2 unspecified atom stereocenters. The first-order valence-electron chi connectivity index (χ1n) is 5.48. The van der Waals surface area contributed by atoms with E-state index in [0.29, 0.717) is 13.0 Å². The summed E-state index contributed by atoms with van der Waals surface area (Å²) >= 11 is 2.91. The molecule has 106 valence electrons. The number of rotatable bonds is 4. The number of furan rings is 1. The lowest BCUT2D eigenvalue weighted by Gasteiger charge is -2.15. The second kappa shape index (κ2) is 5.23. The van der Waals surface area contributed by atoms with Crippen LogP contribution in [-0.4, -0.2) is 38.2 Å². The third-order valence-corrected chi connectivity index (χ3v) is 5.19. The predicted octanol–water partition coefficient (Wildman–Crippen LogP) is 1.20. The third-order valence-electron chi connectivity index (χ3n) is 2.84. The SMILES string of the molecule is CC1OCCC1NS(=O)(=O)c1cc(C(=O)O)oc1Br. The second-order valence-electron chi connectivity index (χ2n) is 4.15. The topological polar surface area (TPSA) is 106 Å². The monoisotopic (exact) mass is 353 g/mol. The van der Waals surface area contributed by atoms with Gasteiger partial charge >= 0.3 is 5.97 Å². The summed E-state index contributed by atoms with van der Waals surface area (Å²) in [6.45, 7) is 2.26. The zero-order valence-electron chi connectivity index (χ0n) is 9.92. The number of carboxylic acids is 1. The molecule has 9 heteroatoms. The zero-order chi connectivity index (χ0) is 14.2. The van der Waals surface area contributed by atoms with E-state index in [2.05, 4.69) is 20.7 Å². The molecule has 2 heterocycles. The van der Waals surface area contributed by atoms with Gasteiger partial charge < -0.3 is 14.3 Å². The molecule has 0 amide bonds. The van der Waals surface area contributed by atoms with Crippen molar-refractivity contribution in [3.05, 3.63) is 16.5 Å². The van der Waals surface area contributed by atoms with Gasteiger partial charge in [0.05, 0.1) is 12.1 Å². The van der Waals surface area contributed by atoms with Gasteiger partial charge in [-0.1, -0.05) is 0 Å². The summed E-state index contributed by atoms with van der Waals surface area (Å²) in [6.07, 6.45) is 0.348. The zero-order valence-corrected chi connectivity index (χ0v) is 12.3. The maximum atomic E-state index is 12.1. The lowest BCUT2D eigenvalue weighted by atomic mass is 10.2. The highest BCUT2D eigenvalue weighted by molar-refractivity contribution is 9.10. The molecule has 1 aromatic rings. The Hall–Kier alpha value is -0.900. The Morgan fingerprint density at radius 1 is 1.58 bits per heavy atom. The molecule has 0 saturated carbocycles. The molecule has 1 aliphatic rings. The number of hydrogen-bond acceptors (Lipinski definition) is 5. The molecule has 0 bridgehead atoms. The van der Waals surface area contributed by atoms with Crippen LogP contribution in [0.1, 0.15) is 23.9 Å². The lowest BCUT2D eigenvalue weighted by Crippen LogP contribution is -2.39. The van der Waals surface area contributed by atoms with E-state index in [1.54, 1.807) is 6.92 Å². The smallest absolute Gasteiger partial charge is 0.371 e. The fourth-order valence-electron chi connectivity index (χ4n) is 1.79. The van der Waals surface area contributed by atoms with Gasteiger partial charge in [-0.05, 0) is 29.3 Å². The molecule has 0 aromatic carbocycles. The van der Waals surface area contributed by atoms with Crippen LogP contribution >= 0.6 is 15.9 Å². The van der Waals surface area contributed by atoms with Crippen molar-refractivity contribution in [2.24, 2.45) is 0 Å². The van der Waals surface area contributed by atoms with E-state index < -0.39 is 21.8 Å². The first-order chi connectivity index (χ1) is 8.81. The molecule has 7 nitrogen and oxygen atoms in total. The first-order valence-corrected chi connectivity index (χ1v) is 7.75. The number of nitrogens with one attached hydrogen (secondary N) is 1. The molecule has 2 N–H and O–H groups in total. The van der Waals surface area contributed by atoms with Crippen LogP contribution in [0.3, 0.4) is 0 Å². The van der Waals surface area contributed by atoms with Crippen LogP contribution in [0.15, 0.2) is 20.0 Å². The van der Waals surface area contributed by atoms with Crippen LogP contribution in [-0.2, 0) is 14.8 Å². The molecule has 1 aliphatic heterocycles. The summed E-state index contributed by atoms with van der Waals surface area (Å²) in [7, 11) is -3.85. The van der Waals surface area contributed by atoms with Gasteiger partial charge in [-0.15, -0.1) is 0 Å². The van der Waals surface area contributed by atoms with Gasteiger partial charge in [-0.3, -0.25) is 0 Å². The molecule has 2 rings (SSSR count). The van der Waals surface area contributed by atoms with Crippen molar-refractivity contribution in [2.75, 3.05) is 6.61 Å². The fraction of sp³-hybridized carbons (Fsp3) is 0.500. The maximum Gasteiger partial charge on any atom is 0.371 e. The normalized spacial score (nSPS) is 23.7. The molecule has 2 atom stereocenters. The Balaban J connectivity index is 2.26. The van der Waals surface area contributed by atoms with E-state index in [-0.39, 0.29) is 21.7 Å². The quantitative estimate of drug-likeness (QED) is 0.842. The van der Waals surface area contributed by atoms with Gasteiger partial charge in [0, 0.05) is 12.7 Å². The van der Waals surface area contributed by atoms with Crippen molar-refractivity contribution in [1.29, 1.82) is 0 Å². The molecule has 1 aromatic heterocycles. The van der Waals surface area contributed by atoms with Crippen LogP contribution in [0.5, 0.6) is 0 Å². The van der Waals surface area contributed by atoms with E-state index in [1.807, 2.05) is 0 Å². The Bertz CT molecular complexity index is 595. The van der Waals surface area contributed by atoms with Crippen LogP contribution in [0.2, 0.25) is 0 Å². The summed E-state index contributed by atoms with van der Waals surface area (Å²) < 4.78 is 36.7. The molecule has 0 radical (unpaired) electrons. The Morgan fingerprint density at radius 2 is 2.26 bits per heavy atom. The minimum atomic E-state index is -3.85. The summed E-state index contributed by atoms with van der Waals surface area (Å²) in [5.41, 5.74) is 0. The molecule has 1 fully saturated rings. The average Bonchev–Trinajstić information content (AvgIpc) is 2.86.